The van der Waals surface area contributed by atoms with Crippen molar-refractivity contribution in [1.82, 2.24) is 13.9 Å². The van der Waals surface area contributed by atoms with Crippen LogP contribution in [0.15, 0.2) is 0 Å². The first-order valence-electron chi connectivity index (χ1n) is 6.35. The van der Waals surface area contributed by atoms with Gasteiger partial charge in [-0.15, -0.1) is 0 Å². The molecular weight excluding hydrogens is 290 g/mol. The second-order valence-electron chi connectivity index (χ2n) is 4.69. The summed E-state index contributed by atoms with van der Waals surface area (Å²) in [4.78, 5) is 0. The van der Waals surface area contributed by atoms with E-state index in [1.165, 1.54) is 8.61 Å². The SMILES string of the molecule is CNCCCCS(=O)(=O)N1CCN(S(C)(=O)=O)CC1. The van der Waals surface area contributed by atoms with E-state index in [4.69, 9.17) is 0 Å². The first-order chi connectivity index (χ1) is 8.77. The minimum atomic E-state index is -3.25. The molecule has 1 saturated heterocycles. The van der Waals surface area contributed by atoms with Crippen molar-refractivity contribution >= 4 is 20.0 Å². The van der Waals surface area contributed by atoms with E-state index in [1.54, 1.807) is 0 Å². The third-order valence-corrected chi connectivity index (χ3v) is 6.40. The molecule has 0 aromatic heterocycles. The first kappa shape index (κ1) is 16.8. The summed E-state index contributed by atoms with van der Waals surface area (Å²) in [7, 11) is -4.63. The van der Waals surface area contributed by atoms with Crippen molar-refractivity contribution in [2.45, 2.75) is 12.8 Å². The van der Waals surface area contributed by atoms with Gasteiger partial charge in [0.05, 0.1) is 12.0 Å². The van der Waals surface area contributed by atoms with Gasteiger partial charge in [-0.25, -0.2) is 16.8 Å². The average Bonchev–Trinajstić information content (AvgIpc) is 2.34. The molecule has 1 heterocycles. The monoisotopic (exact) mass is 313 g/mol. The lowest BCUT2D eigenvalue weighted by Crippen LogP contribution is -2.50. The van der Waals surface area contributed by atoms with Crippen LogP contribution in [0.25, 0.3) is 0 Å². The van der Waals surface area contributed by atoms with Crippen LogP contribution < -0.4 is 5.32 Å². The molecule has 0 bridgehead atoms. The van der Waals surface area contributed by atoms with Crippen molar-refractivity contribution < 1.29 is 16.8 Å². The van der Waals surface area contributed by atoms with Gasteiger partial charge >= 0.3 is 0 Å². The van der Waals surface area contributed by atoms with E-state index in [1.807, 2.05) is 7.05 Å². The van der Waals surface area contributed by atoms with Gasteiger partial charge in [0, 0.05) is 26.2 Å². The smallest absolute Gasteiger partial charge is 0.214 e. The maximum Gasteiger partial charge on any atom is 0.214 e. The zero-order chi connectivity index (χ0) is 14.5. The molecule has 7 nitrogen and oxygen atoms in total. The van der Waals surface area contributed by atoms with E-state index in [0.29, 0.717) is 6.42 Å². The minimum Gasteiger partial charge on any atom is -0.320 e. The Hall–Kier alpha value is -0.220. The number of unbranched alkanes of at least 4 members (excludes halogenated alkanes) is 1. The summed E-state index contributed by atoms with van der Waals surface area (Å²) in [6, 6.07) is 0. The van der Waals surface area contributed by atoms with Crippen LogP contribution in [-0.4, -0.2) is 77.2 Å². The van der Waals surface area contributed by atoms with Gasteiger partial charge in [0.2, 0.25) is 20.0 Å². The van der Waals surface area contributed by atoms with Crippen molar-refractivity contribution in [2.24, 2.45) is 0 Å². The number of hydrogen-bond acceptors (Lipinski definition) is 5. The molecule has 1 rings (SSSR count). The van der Waals surface area contributed by atoms with E-state index in [0.717, 1.165) is 19.2 Å². The van der Waals surface area contributed by atoms with Gasteiger partial charge < -0.3 is 5.32 Å². The molecule has 0 aromatic carbocycles. The van der Waals surface area contributed by atoms with Crippen molar-refractivity contribution in [3.8, 4) is 0 Å². The van der Waals surface area contributed by atoms with Crippen molar-refractivity contribution in [3.63, 3.8) is 0 Å². The summed E-state index contributed by atoms with van der Waals surface area (Å²) in [5, 5.41) is 2.97. The molecule has 1 N–H and O–H groups in total. The van der Waals surface area contributed by atoms with Crippen LogP contribution in [0.5, 0.6) is 0 Å². The van der Waals surface area contributed by atoms with Crippen molar-refractivity contribution in [3.05, 3.63) is 0 Å². The maximum absolute atomic E-state index is 12.0. The number of sulfonamides is 2. The van der Waals surface area contributed by atoms with Gasteiger partial charge in [-0.2, -0.15) is 8.61 Å². The Kier molecular flexibility index (Phi) is 6.18. The van der Waals surface area contributed by atoms with Gasteiger partial charge in [0.25, 0.3) is 0 Å². The van der Waals surface area contributed by atoms with Crippen LogP contribution in [0, 0.1) is 0 Å². The largest absolute Gasteiger partial charge is 0.320 e. The predicted octanol–water partition coefficient (Wildman–Crippen LogP) is -1.11. The standard InChI is InChI=1S/C10H23N3O4S2/c1-11-5-3-4-10-19(16,17)13-8-6-12(7-9-13)18(2,14)15/h11H,3-10H2,1-2H3. The lowest BCUT2D eigenvalue weighted by molar-refractivity contribution is 0.274. The fraction of sp³-hybridized carbons (Fsp3) is 1.00. The van der Waals surface area contributed by atoms with Crippen LogP contribution in [0.1, 0.15) is 12.8 Å². The molecule has 0 unspecified atom stereocenters. The van der Waals surface area contributed by atoms with Crippen LogP contribution >= 0.6 is 0 Å². The lowest BCUT2D eigenvalue weighted by atomic mass is 10.3. The zero-order valence-electron chi connectivity index (χ0n) is 11.5. The van der Waals surface area contributed by atoms with Crippen LogP contribution in [0.3, 0.4) is 0 Å². The number of rotatable bonds is 7. The lowest BCUT2D eigenvalue weighted by Gasteiger charge is -2.32. The Morgan fingerprint density at radius 2 is 1.47 bits per heavy atom. The fourth-order valence-corrected chi connectivity index (χ4v) is 4.37. The highest BCUT2D eigenvalue weighted by Gasteiger charge is 2.29. The van der Waals surface area contributed by atoms with Crippen molar-refractivity contribution in [2.75, 3.05) is 51.8 Å². The second kappa shape index (κ2) is 6.98. The molecule has 0 spiro atoms. The van der Waals surface area contributed by atoms with Gasteiger partial charge in [-0.1, -0.05) is 0 Å². The summed E-state index contributed by atoms with van der Waals surface area (Å²) in [6.45, 7) is 1.80. The summed E-state index contributed by atoms with van der Waals surface area (Å²) in [5.41, 5.74) is 0. The summed E-state index contributed by atoms with van der Waals surface area (Å²) < 4.78 is 49.5. The maximum atomic E-state index is 12.0. The molecule has 1 aliphatic heterocycles. The number of hydrogen-bond donors (Lipinski definition) is 1. The second-order valence-corrected chi connectivity index (χ2v) is 8.76. The summed E-state index contributed by atoms with van der Waals surface area (Å²) in [6.07, 6.45) is 2.59. The van der Waals surface area contributed by atoms with E-state index >= 15 is 0 Å². The molecule has 1 aliphatic rings. The van der Waals surface area contributed by atoms with Gasteiger partial charge in [0.15, 0.2) is 0 Å². The average molecular weight is 313 g/mol. The molecule has 19 heavy (non-hydrogen) atoms. The molecule has 0 amide bonds. The normalized spacial score (nSPS) is 19.7. The Morgan fingerprint density at radius 1 is 0.947 bits per heavy atom. The first-order valence-corrected chi connectivity index (χ1v) is 9.80. The van der Waals surface area contributed by atoms with E-state index in [2.05, 4.69) is 5.32 Å². The zero-order valence-corrected chi connectivity index (χ0v) is 13.1. The van der Waals surface area contributed by atoms with Crippen molar-refractivity contribution in [1.29, 1.82) is 0 Å². The molecule has 0 atom stereocenters. The number of nitrogens with one attached hydrogen (secondary N) is 1. The fourth-order valence-electron chi connectivity index (χ4n) is 1.99. The van der Waals surface area contributed by atoms with E-state index < -0.39 is 20.0 Å². The topological polar surface area (TPSA) is 86.8 Å². The molecule has 0 saturated carbocycles. The Labute approximate surface area is 116 Å². The highest BCUT2D eigenvalue weighted by molar-refractivity contribution is 7.89. The Morgan fingerprint density at radius 3 is 1.95 bits per heavy atom. The minimum absolute atomic E-state index is 0.132. The molecular formula is C10H23N3O4S2. The molecule has 1 fully saturated rings. The Bertz CT molecular complexity index is 467. The molecule has 9 heteroatoms. The quantitative estimate of drug-likeness (QED) is 0.603. The van der Waals surface area contributed by atoms with Crippen LogP contribution in [0.4, 0.5) is 0 Å². The number of nitrogens with zero attached hydrogens (tertiary/aromatic N) is 2. The molecule has 0 aromatic rings. The van der Waals surface area contributed by atoms with Crippen LogP contribution in [0.2, 0.25) is 0 Å². The highest BCUT2D eigenvalue weighted by Crippen LogP contribution is 2.11. The third kappa shape index (κ3) is 5.35. The molecule has 0 aliphatic carbocycles. The molecule has 0 radical (unpaired) electrons. The van der Waals surface area contributed by atoms with Gasteiger partial charge in [-0.05, 0) is 26.4 Å². The third-order valence-electron chi connectivity index (χ3n) is 3.14. The molecule has 114 valence electrons. The summed E-state index contributed by atoms with van der Waals surface area (Å²) in [5.74, 6) is 0.132. The van der Waals surface area contributed by atoms with Gasteiger partial charge in [-0.3, -0.25) is 0 Å². The van der Waals surface area contributed by atoms with E-state index in [9.17, 15) is 16.8 Å². The van der Waals surface area contributed by atoms with Crippen LogP contribution in [-0.2, 0) is 20.0 Å². The highest BCUT2D eigenvalue weighted by atomic mass is 32.2. The number of piperazine rings is 1. The summed E-state index contributed by atoms with van der Waals surface area (Å²) >= 11 is 0. The predicted molar refractivity (Wildman–Crippen MR) is 74.9 cm³/mol. The Balaban J connectivity index is 2.45. The van der Waals surface area contributed by atoms with E-state index in [-0.39, 0.29) is 31.9 Å². The van der Waals surface area contributed by atoms with Gasteiger partial charge in [0.1, 0.15) is 0 Å².